The predicted octanol–water partition coefficient (Wildman–Crippen LogP) is 4.91. The second-order valence-electron chi connectivity index (χ2n) is 8.32. The van der Waals surface area contributed by atoms with E-state index in [1.54, 1.807) is 13.8 Å². The minimum absolute atomic E-state index is 0.183. The standard InChI is InChI=1S/C23H25F3N2O4/c1-11-17(14-6-7-15(24)18(21(25)26)19(14)31-5)20(32-23(11,3)4)22(30)28-13-8-9-27-16(10-13)12(2)29/h6-11,17,20-21H,1-5H3,(H,27,28,30)/t11-,17-,20+/m0/s1. The van der Waals surface area contributed by atoms with Crippen LogP contribution in [0, 0.1) is 11.7 Å². The van der Waals surface area contributed by atoms with Crippen molar-refractivity contribution >= 4 is 17.4 Å². The second-order valence-corrected chi connectivity index (χ2v) is 8.32. The van der Waals surface area contributed by atoms with Crippen molar-refractivity contribution in [3.63, 3.8) is 0 Å². The van der Waals surface area contributed by atoms with Gasteiger partial charge in [0, 0.05) is 30.3 Å². The molecule has 1 aliphatic rings. The van der Waals surface area contributed by atoms with Crippen molar-refractivity contribution in [1.82, 2.24) is 4.98 Å². The molecule has 3 atom stereocenters. The highest BCUT2D eigenvalue weighted by molar-refractivity contribution is 5.97. The van der Waals surface area contributed by atoms with Crippen LogP contribution in [-0.2, 0) is 9.53 Å². The Morgan fingerprint density at radius 3 is 2.53 bits per heavy atom. The zero-order chi connectivity index (χ0) is 23.8. The number of rotatable bonds is 6. The maximum absolute atomic E-state index is 14.1. The molecule has 172 valence electrons. The van der Waals surface area contributed by atoms with E-state index < -0.39 is 41.3 Å². The Morgan fingerprint density at radius 2 is 1.94 bits per heavy atom. The summed E-state index contributed by atoms with van der Waals surface area (Å²) in [6, 6.07) is 5.27. The first-order valence-electron chi connectivity index (χ1n) is 10.1. The van der Waals surface area contributed by atoms with E-state index in [0.29, 0.717) is 5.69 Å². The summed E-state index contributed by atoms with van der Waals surface area (Å²) < 4.78 is 52.5. The van der Waals surface area contributed by atoms with Crippen LogP contribution in [0.25, 0.3) is 0 Å². The highest BCUT2D eigenvalue weighted by Gasteiger charge is 2.51. The minimum atomic E-state index is -3.09. The molecule has 0 unspecified atom stereocenters. The number of hydrogen-bond acceptors (Lipinski definition) is 5. The van der Waals surface area contributed by atoms with Crippen LogP contribution in [0.2, 0.25) is 0 Å². The molecule has 32 heavy (non-hydrogen) atoms. The van der Waals surface area contributed by atoms with Crippen molar-refractivity contribution in [2.75, 3.05) is 12.4 Å². The third kappa shape index (κ3) is 4.34. The molecule has 1 amide bonds. The summed E-state index contributed by atoms with van der Waals surface area (Å²) in [6.45, 7) is 6.78. The van der Waals surface area contributed by atoms with Crippen LogP contribution in [0.4, 0.5) is 18.9 Å². The SMILES string of the molecule is COc1c([C@H]2[C@H](C(=O)Nc3ccnc(C(C)=O)c3)OC(C)(C)[C@H]2C)ccc(F)c1C(F)F. The number of amides is 1. The van der Waals surface area contributed by atoms with Crippen molar-refractivity contribution in [1.29, 1.82) is 0 Å². The Bertz CT molecular complexity index is 1040. The first kappa shape index (κ1) is 23.7. The summed E-state index contributed by atoms with van der Waals surface area (Å²) in [5.41, 5.74) is -0.834. The van der Waals surface area contributed by atoms with E-state index in [0.717, 1.165) is 6.07 Å². The summed E-state index contributed by atoms with van der Waals surface area (Å²) >= 11 is 0. The third-order valence-corrected chi connectivity index (χ3v) is 5.99. The Morgan fingerprint density at radius 1 is 1.25 bits per heavy atom. The molecule has 3 rings (SSSR count). The highest BCUT2D eigenvalue weighted by Crippen LogP contribution is 2.50. The fraction of sp³-hybridized carbons (Fsp3) is 0.435. The van der Waals surface area contributed by atoms with Gasteiger partial charge in [0.15, 0.2) is 5.78 Å². The number of alkyl halides is 2. The molecule has 0 aliphatic carbocycles. The molecule has 1 aliphatic heterocycles. The molecule has 1 saturated heterocycles. The van der Waals surface area contributed by atoms with Crippen LogP contribution < -0.4 is 10.1 Å². The van der Waals surface area contributed by atoms with Gasteiger partial charge in [-0.25, -0.2) is 13.2 Å². The van der Waals surface area contributed by atoms with Crippen LogP contribution in [0.5, 0.6) is 5.75 Å². The van der Waals surface area contributed by atoms with E-state index in [-0.39, 0.29) is 28.7 Å². The number of nitrogens with zero attached hydrogens (tertiary/aromatic N) is 1. The van der Waals surface area contributed by atoms with Crippen molar-refractivity contribution < 1.29 is 32.2 Å². The lowest BCUT2D eigenvalue weighted by atomic mass is 9.77. The molecule has 0 saturated carbocycles. The lowest BCUT2D eigenvalue weighted by molar-refractivity contribution is -0.131. The zero-order valence-electron chi connectivity index (χ0n) is 18.4. The molecule has 1 fully saturated rings. The van der Waals surface area contributed by atoms with Gasteiger partial charge >= 0.3 is 0 Å². The second kappa shape index (κ2) is 8.90. The smallest absolute Gasteiger partial charge is 0.270 e. The molecule has 0 spiro atoms. The average Bonchev–Trinajstić information content (AvgIpc) is 2.97. The molecule has 2 heterocycles. The van der Waals surface area contributed by atoms with E-state index in [4.69, 9.17) is 9.47 Å². The monoisotopic (exact) mass is 450 g/mol. The van der Waals surface area contributed by atoms with E-state index in [9.17, 15) is 22.8 Å². The van der Waals surface area contributed by atoms with E-state index >= 15 is 0 Å². The summed E-state index contributed by atoms with van der Waals surface area (Å²) in [6.07, 6.45) is -2.77. The third-order valence-electron chi connectivity index (χ3n) is 5.99. The fourth-order valence-electron chi connectivity index (χ4n) is 4.05. The summed E-state index contributed by atoms with van der Waals surface area (Å²) in [5.74, 6) is -3.15. The number of carbonyl (C=O) groups excluding carboxylic acids is 2. The number of anilines is 1. The van der Waals surface area contributed by atoms with Gasteiger partial charge in [0.25, 0.3) is 12.3 Å². The van der Waals surface area contributed by atoms with E-state index in [1.807, 2.05) is 6.92 Å². The van der Waals surface area contributed by atoms with Crippen molar-refractivity contribution in [3.8, 4) is 5.75 Å². The average molecular weight is 450 g/mol. The van der Waals surface area contributed by atoms with Crippen LogP contribution in [0.3, 0.4) is 0 Å². The van der Waals surface area contributed by atoms with Gasteiger partial charge in [0.05, 0.1) is 18.3 Å². The molecule has 6 nitrogen and oxygen atoms in total. The molecule has 1 aromatic carbocycles. The number of hydrogen-bond donors (Lipinski definition) is 1. The maximum atomic E-state index is 14.1. The summed E-state index contributed by atoms with van der Waals surface area (Å²) in [7, 11) is 1.19. The molecule has 2 aromatic rings. The molecular formula is C23H25F3N2O4. The van der Waals surface area contributed by atoms with Gasteiger partial charge < -0.3 is 14.8 Å². The van der Waals surface area contributed by atoms with Gasteiger partial charge in [-0.1, -0.05) is 13.0 Å². The molecule has 1 aromatic heterocycles. The number of ketones is 1. The lowest BCUT2D eigenvalue weighted by Gasteiger charge is -2.26. The molecule has 1 N–H and O–H groups in total. The van der Waals surface area contributed by atoms with Gasteiger partial charge in [0.1, 0.15) is 23.4 Å². The van der Waals surface area contributed by atoms with E-state index in [1.165, 1.54) is 38.4 Å². The topological polar surface area (TPSA) is 77.5 Å². The number of Topliss-reactive ketones (excluding diaryl/α,β-unsaturated/α-hetero) is 1. The number of methoxy groups -OCH3 is 1. The Labute approximate surface area is 184 Å². The maximum Gasteiger partial charge on any atom is 0.270 e. The van der Waals surface area contributed by atoms with Crippen molar-refractivity contribution in [2.24, 2.45) is 5.92 Å². The first-order chi connectivity index (χ1) is 15.0. The van der Waals surface area contributed by atoms with Crippen molar-refractivity contribution in [2.45, 2.75) is 51.7 Å². The lowest BCUT2D eigenvalue weighted by Crippen LogP contribution is -2.33. The largest absolute Gasteiger partial charge is 0.496 e. The molecule has 0 bridgehead atoms. The first-order valence-corrected chi connectivity index (χ1v) is 10.1. The summed E-state index contributed by atoms with van der Waals surface area (Å²) in [4.78, 5) is 28.7. The Hall–Kier alpha value is -2.94. The van der Waals surface area contributed by atoms with Gasteiger partial charge in [-0.15, -0.1) is 0 Å². The quantitative estimate of drug-likeness (QED) is 0.633. The number of pyridine rings is 1. The zero-order valence-corrected chi connectivity index (χ0v) is 18.4. The number of nitrogens with one attached hydrogen (secondary N) is 1. The number of halogens is 3. The Kier molecular flexibility index (Phi) is 6.59. The van der Waals surface area contributed by atoms with Crippen molar-refractivity contribution in [3.05, 3.63) is 53.1 Å². The van der Waals surface area contributed by atoms with Gasteiger partial charge in [0.2, 0.25) is 0 Å². The molecule has 0 radical (unpaired) electrons. The number of carbonyl (C=O) groups is 2. The van der Waals surface area contributed by atoms with Crippen LogP contribution in [-0.4, -0.2) is 35.5 Å². The highest BCUT2D eigenvalue weighted by atomic mass is 19.3. The molecule has 9 heteroatoms. The number of aromatic nitrogens is 1. The number of benzene rings is 1. The van der Waals surface area contributed by atoms with Crippen LogP contribution in [0.1, 0.15) is 61.7 Å². The van der Waals surface area contributed by atoms with Gasteiger partial charge in [-0.05, 0) is 38.0 Å². The van der Waals surface area contributed by atoms with Gasteiger partial charge in [-0.3, -0.25) is 14.6 Å². The van der Waals surface area contributed by atoms with E-state index in [2.05, 4.69) is 10.3 Å². The summed E-state index contributed by atoms with van der Waals surface area (Å²) in [5, 5.41) is 2.70. The Balaban J connectivity index is 2.03. The van der Waals surface area contributed by atoms with Crippen LogP contribution in [0.15, 0.2) is 30.5 Å². The van der Waals surface area contributed by atoms with Crippen LogP contribution >= 0.6 is 0 Å². The van der Waals surface area contributed by atoms with Gasteiger partial charge in [-0.2, -0.15) is 0 Å². The minimum Gasteiger partial charge on any atom is -0.496 e. The normalized spacial score (nSPS) is 22.1. The predicted molar refractivity (Wildman–Crippen MR) is 112 cm³/mol. The number of ether oxygens (including phenoxy) is 2. The molecular weight excluding hydrogens is 425 g/mol. The fourth-order valence-corrected chi connectivity index (χ4v) is 4.05.